The van der Waals surface area contributed by atoms with Crippen LogP contribution in [-0.2, 0) is 21.2 Å². The summed E-state index contributed by atoms with van der Waals surface area (Å²) in [4.78, 5) is 16.7. The van der Waals surface area contributed by atoms with Crippen molar-refractivity contribution in [1.82, 2.24) is 10.0 Å². The fourth-order valence-electron chi connectivity index (χ4n) is 2.96. The third kappa shape index (κ3) is 4.36. The average molecular weight is 385 g/mol. The molecule has 0 fully saturated rings. The van der Waals surface area contributed by atoms with E-state index in [1.165, 1.54) is 5.56 Å². The molecule has 2 aromatic carbocycles. The smallest absolute Gasteiger partial charge is 0.263 e. The van der Waals surface area contributed by atoms with Crippen molar-refractivity contribution < 1.29 is 13.2 Å². The van der Waals surface area contributed by atoms with Crippen molar-refractivity contribution in [3.63, 3.8) is 0 Å². The van der Waals surface area contributed by atoms with Gasteiger partial charge in [0.1, 0.15) is 5.84 Å². The van der Waals surface area contributed by atoms with Gasteiger partial charge in [0.25, 0.3) is 10.0 Å². The predicted octanol–water partition coefficient (Wildman–Crippen LogP) is 2.56. The maximum Gasteiger partial charge on any atom is 0.263 e. The highest BCUT2D eigenvalue weighted by molar-refractivity contribution is 7.90. The van der Waals surface area contributed by atoms with Crippen LogP contribution in [0.1, 0.15) is 43.0 Å². The number of carbonyl (C=O) groups excluding carboxylic acids is 1. The Kier molecular flexibility index (Phi) is 5.60. The fourth-order valence-corrected chi connectivity index (χ4v) is 4.21. The summed E-state index contributed by atoms with van der Waals surface area (Å²) in [6.45, 7) is 4.25. The van der Waals surface area contributed by atoms with E-state index in [4.69, 9.17) is 0 Å². The first-order valence-corrected chi connectivity index (χ1v) is 10.4. The summed E-state index contributed by atoms with van der Waals surface area (Å²) in [5.41, 5.74) is 2.85. The monoisotopic (exact) mass is 385 g/mol. The number of hydrogen-bond acceptors (Lipinski definition) is 4. The molecule has 6 nitrogen and oxygen atoms in total. The molecule has 2 N–H and O–H groups in total. The van der Waals surface area contributed by atoms with Crippen molar-refractivity contribution in [3.8, 4) is 0 Å². The molecule has 3 rings (SSSR count). The summed E-state index contributed by atoms with van der Waals surface area (Å²) < 4.78 is 26.5. The molecule has 0 radical (unpaired) electrons. The number of nitrogens with zero attached hydrogens (tertiary/aromatic N) is 1. The van der Waals surface area contributed by atoms with Crippen LogP contribution >= 0.6 is 0 Å². The molecule has 0 unspecified atom stereocenters. The van der Waals surface area contributed by atoms with E-state index in [0.717, 1.165) is 12.0 Å². The molecule has 0 spiro atoms. The van der Waals surface area contributed by atoms with Gasteiger partial charge in [-0.05, 0) is 36.6 Å². The maximum atomic E-state index is 12.2. The van der Waals surface area contributed by atoms with Gasteiger partial charge in [-0.15, -0.1) is 0 Å². The van der Waals surface area contributed by atoms with E-state index in [0.29, 0.717) is 11.4 Å². The highest BCUT2D eigenvalue weighted by Crippen LogP contribution is 2.22. The molecule has 142 valence electrons. The van der Waals surface area contributed by atoms with Crippen molar-refractivity contribution in [1.29, 1.82) is 0 Å². The van der Waals surface area contributed by atoms with Crippen LogP contribution in [0.4, 0.5) is 0 Å². The molecule has 0 aliphatic carbocycles. The number of nitrogens with one attached hydrogen (secondary N) is 2. The van der Waals surface area contributed by atoms with Crippen molar-refractivity contribution in [2.24, 2.45) is 4.99 Å². The standard InChI is InChI=1S/C20H23N3O3S/c1-3-15-8-10-16(11-9-15)14(2)22-19(24)12-13-21-20-17-6-4-5-7-18(17)27(25,26)23-20/h4-11,14H,3,12-13H2,1-2H3,(H,21,23)(H,22,24)/t14-/m1/s1. The number of sulfonamides is 1. The molecule has 1 aliphatic heterocycles. The number of carbonyl (C=O) groups is 1. The van der Waals surface area contributed by atoms with Crippen LogP contribution in [0.2, 0.25) is 0 Å². The van der Waals surface area contributed by atoms with Crippen LogP contribution in [0.3, 0.4) is 0 Å². The Labute approximate surface area is 159 Å². The number of hydrogen-bond donors (Lipinski definition) is 2. The molecule has 7 heteroatoms. The maximum absolute atomic E-state index is 12.2. The number of aliphatic imine (C=N–C) groups is 1. The van der Waals surface area contributed by atoms with Crippen LogP contribution in [-0.4, -0.2) is 26.7 Å². The molecule has 0 bridgehead atoms. The Morgan fingerprint density at radius 3 is 2.56 bits per heavy atom. The van der Waals surface area contributed by atoms with E-state index in [2.05, 4.69) is 34.1 Å². The minimum atomic E-state index is -3.55. The summed E-state index contributed by atoms with van der Waals surface area (Å²) in [7, 11) is -3.55. The Bertz CT molecular complexity index is 966. The zero-order valence-electron chi connectivity index (χ0n) is 15.4. The third-order valence-electron chi connectivity index (χ3n) is 4.54. The Hall–Kier alpha value is -2.67. The zero-order chi connectivity index (χ0) is 19.4. The van der Waals surface area contributed by atoms with Gasteiger partial charge in [0.15, 0.2) is 0 Å². The quantitative estimate of drug-likeness (QED) is 0.801. The summed E-state index contributed by atoms with van der Waals surface area (Å²) in [6.07, 6.45) is 1.17. The Balaban J connectivity index is 1.57. The lowest BCUT2D eigenvalue weighted by atomic mass is 10.0. The number of aryl methyl sites for hydroxylation is 1. The number of benzene rings is 2. The predicted molar refractivity (Wildman–Crippen MR) is 105 cm³/mol. The third-order valence-corrected chi connectivity index (χ3v) is 5.93. The molecule has 0 saturated heterocycles. The summed E-state index contributed by atoms with van der Waals surface area (Å²) in [6, 6.07) is 14.7. The molecular weight excluding hydrogens is 362 g/mol. The van der Waals surface area contributed by atoms with Gasteiger partial charge >= 0.3 is 0 Å². The molecule has 0 saturated carbocycles. The second-order valence-electron chi connectivity index (χ2n) is 6.47. The number of amidine groups is 1. The van der Waals surface area contributed by atoms with Crippen LogP contribution in [0.5, 0.6) is 0 Å². The SMILES string of the molecule is CCc1ccc([C@@H](C)NC(=O)CCN=C2NS(=O)(=O)c3ccccc32)cc1. The zero-order valence-corrected chi connectivity index (χ0v) is 16.2. The lowest BCUT2D eigenvalue weighted by Crippen LogP contribution is -2.27. The highest BCUT2D eigenvalue weighted by Gasteiger charge is 2.29. The van der Waals surface area contributed by atoms with Crippen molar-refractivity contribution in [2.75, 3.05) is 6.54 Å². The first-order valence-electron chi connectivity index (χ1n) is 8.95. The van der Waals surface area contributed by atoms with Crippen LogP contribution in [0.15, 0.2) is 58.4 Å². The normalized spacial score (nSPS) is 17.2. The molecule has 0 aromatic heterocycles. The summed E-state index contributed by atoms with van der Waals surface area (Å²) in [5, 5.41) is 2.95. The van der Waals surface area contributed by atoms with Gasteiger partial charge in [-0.3, -0.25) is 14.5 Å². The van der Waals surface area contributed by atoms with Gasteiger partial charge in [-0.1, -0.05) is 43.3 Å². The Morgan fingerprint density at radius 2 is 1.85 bits per heavy atom. The van der Waals surface area contributed by atoms with Crippen molar-refractivity contribution >= 4 is 21.8 Å². The van der Waals surface area contributed by atoms with E-state index in [-0.39, 0.29) is 29.8 Å². The average Bonchev–Trinajstić information content (AvgIpc) is 2.92. The molecule has 2 aromatic rings. The summed E-state index contributed by atoms with van der Waals surface area (Å²) in [5.74, 6) is 0.169. The lowest BCUT2D eigenvalue weighted by molar-refractivity contribution is -0.121. The Morgan fingerprint density at radius 1 is 1.15 bits per heavy atom. The van der Waals surface area contributed by atoms with Crippen LogP contribution < -0.4 is 10.0 Å². The molecular formula is C20H23N3O3S. The highest BCUT2D eigenvalue weighted by atomic mass is 32.2. The number of rotatable bonds is 6. The molecule has 1 amide bonds. The topological polar surface area (TPSA) is 87.6 Å². The van der Waals surface area contributed by atoms with E-state index in [1.807, 2.05) is 19.1 Å². The van der Waals surface area contributed by atoms with E-state index in [9.17, 15) is 13.2 Å². The molecule has 27 heavy (non-hydrogen) atoms. The minimum absolute atomic E-state index is 0.0956. The molecule has 1 atom stereocenters. The van der Waals surface area contributed by atoms with Gasteiger partial charge < -0.3 is 5.32 Å². The second-order valence-corrected chi connectivity index (χ2v) is 8.12. The molecule has 1 aliphatic rings. The van der Waals surface area contributed by atoms with Crippen LogP contribution in [0.25, 0.3) is 0 Å². The van der Waals surface area contributed by atoms with Crippen molar-refractivity contribution in [2.45, 2.75) is 37.6 Å². The minimum Gasteiger partial charge on any atom is -0.350 e. The number of fused-ring (bicyclic) bond motifs is 1. The van der Waals surface area contributed by atoms with Gasteiger partial charge in [0, 0.05) is 12.0 Å². The van der Waals surface area contributed by atoms with E-state index < -0.39 is 10.0 Å². The van der Waals surface area contributed by atoms with E-state index in [1.54, 1.807) is 24.3 Å². The van der Waals surface area contributed by atoms with Gasteiger partial charge in [-0.2, -0.15) is 0 Å². The number of amides is 1. The first-order chi connectivity index (χ1) is 12.9. The summed E-state index contributed by atoms with van der Waals surface area (Å²) >= 11 is 0. The van der Waals surface area contributed by atoms with Crippen molar-refractivity contribution in [3.05, 3.63) is 65.2 Å². The van der Waals surface area contributed by atoms with Crippen LogP contribution in [0, 0.1) is 0 Å². The van der Waals surface area contributed by atoms with Gasteiger partial charge in [0.05, 0.1) is 17.5 Å². The van der Waals surface area contributed by atoms with Gasteiger partial charge in [-0.25, -0.2) is 8.42 Å². The molecule has 1 heterocycles. The largest absolute Gasteiger partial charge is 0.350 e. The lowest BCUT2D eigenvalue weighted by Gasteiger charge is -2.14. The first kappa shape index (κ1) is 19.1. The van der Waals surface area contributed by atoms with E-state index >= 15 is 0 Å². The fraction of sp³-hybridized carbons (Fsp3) is 0.300. The second kappa shape index (κ2) is 7.92. The van der Waals surface area contributed by atoms with Gasteiger partial charge in [0.2, 0.25) is 5.91 Å².